The van der Waals surface area contributed by atoms with E-state index in [2.05, 4.69) is 32.0 Å². The molecule has 0 aliphatic heterocycles. The molecule has 0 amide bonds. The van der Waals surface area contributed by atoms with E-state index < -0.39 is 0 Å². The second-order valence-electron chi connectivity index (χ2n) is 4.35. The number of nitrogens with two attached hydrogens (primary N) is 1. The van der Waals surface area contributed by atoms with Gasteiger partial charge >= 0.3 is 0 Å². The van der Waals surface area contributed by atoms with Gasteiger partial charge in [-0.1, -0.05) is 38.3 Å². The number of methoxy groups -OCH3 is 1. The van der Waals surface area contributed by atoms with Crippen molar-refractivity contribution in [3.63, 3.8) is 0 Å². The third-order valence-corrected chi connectivity index (χ3v) is 2.91. The van der Waals surface area contributed by atoms with Crippen molar-refractivity contribution in [2.24, 2.45) is 5.73 Å². The molecule has 0 fully saturated rings. The molecule has 1 aromatic rings. The highest BCUT2D eigenvalue weighted by atomic mass is 16.5. The summed E-state index contributed by atoms with van der Waals surface area (Å²) >= 11 is 0. The third kappa shape index (κ3) is 3.53. The van der Waals surface area contributed by atoms with Crippen LogP contribution in [0.4, 0.5) is 0 Å². The van der Waals surface area contributed by atoms with E-state index in [-0.39, 0.29) is 6.04 Å². The summed E-state index contributed by atoms with van der Waals surface area (Å²) in [6, 6.07) is 6.33. The van der Waals surface area contributed by atoms with E-state index in [0.29, 0.717) is 0 Å². The van der Waals surface area contributed by atoms with Crippen LogP contribution in [-0.2, 0) is 0 Å². The van der Waals surface area contributed by atoms with Crippen molar-refractivity contribution in [2.75, 3.05) is 7.11 Å². The average molecular weight is 221 g/mol. The molecular weight excluding hydrogens is 198 g/mol. The topological polar surface area (TPSA) is 35.2 Å². The Hall–Kier alpha value is -1.02. The smallest absolute Gasteiger partial charge is 0.123 e. The highest BCUT2D eigenvalue weighted by molar-refractivity contribution is 5.39. The predicted molar refractivity (Wildman–Crippen MR) is 68.8 cm³/mol. The summed E-state index contributed by atoms with van der Waals surface area (Å²) in [7, 11) is 1.71. The summed E-state index contributed by atoms with van der Waals surface area (Å²) in [5.41, 5.74) is 8.52. The van der Waals surface area contributed by atoms with E-state index in [1.54, 1.807) is 7.11 Å². The van der Waals surface area contributed by atoms with E-state index in [1.807, 2.05) is 0 Å². The van der Waals surface area contributed by atoms with Crippen molar-refractivity contribution in [1.29, 1.82) is 0 Å². The van der Waals surface area contributed by atoms with Gasteiger partial charge < -0.3 is 10.5 Å². The van der Waals surface area contributed by atoms with Crippen LogP contribution in [0, 0.1) is 6.92 Å². The molecule has 0 saturated heterocycles. The largest absolute Gasteiger partial charge is 0.496 e. The maximum Gasteiger partial charge on any atom is 0.123 e. The number of hydrogen-bond acceptors (Lipinski definition) is 2. The highest BCUT2D eigenvalue weighted by Gasteiger charge is 2.11. The molecule has 1 rings (SSSR count). The molecular formula is C14H23NO. The molecule has 2 N–H and O–H groups in total. The van der Waals surface area contributed by atoms with E-state index in [9.17, 15) is 0 Å². The Balaban J connectivity index is 2.70. The molecule has 1 atom stereocenters. The zero-order valence-corrected chi connectivity index (χ0v) is 10.6. The summed E-state index contributed by atoms with van der Waals surface area (Å²) in [6.07, 6.45) is 4.71. The van der Waals surface area contributed by atoms with Crippen LogP contribution >= 0.6 is 0 Å². The molecule has 1 unspecified atom stereocenters. The Morgan fingerprint density at radius 1 is 1.31 bits per heavy atom. The number of aryl methyl sites for hydroxylation is 1. The van der Waals surface area contributed by atoms with Crippen LogP contribution in [0.15, 0.2) is 18.2 Å². The third-order valence-electron chi connectivity index (χ3n) is 2.91. The fraction of sp³-hybridized carbons (Fsp3) is 0.571. The lowest BCUT2D eigenvalue weighted by Gasteiger charge is -2.16. The van der Waals surface area contributed by atoms with Crippen molar-refractivity contribution < 1.29 is 4.74 Å². The molecule has 90 valence electrons. The zero-order chi connectivity index (χ0) is 12.0. The minimum absolute atomic E-state index is 0.0992. The highest BCUT2D eigenvalue weighted by Crippen LogP contribution is 2.27. The maximum atomic E-state index is 6.18. The Kier molecular flexibility index (Phi) is 5.33. The lowest BCUT2D eigenvalue weighted by Crippen LogP contribution is -2.11. The Labute approximate surface area is 98.8 Å². The molecule has 16 heavy (non-hydrogen) atoms. The number of ether oxygens (including phenoxy) is 1. The first kappa shape index (κ1) is 13.0. The van der Waals surface area contributed by atoms with Crippen LogP contribution in [0.2, 0.25) is 0 Å². The Morgan fingerprint density at radius 3 is 2.69 bits per heavy atom. The van der Waals surface area contributed by atoms with Gasteiger partial charge in [-0.05, 0) is 25.0 Å². The molecule has 0 spiro atoms. The van der Waals surface area contributed by atoms with Crippen molar-refractivity contribution in [3.05, 3.63) is 29.3 Å². The Bertz CT molecular complexity index is 323. The maximum absolute atomic E-state index is 6.18. The van der Waals surface area contributed by atoms with Crippen molar-refractivity contribution in [3.8, 4) is 5.75 Å². The van der Waals surface area contributed by atoms with Gasteiger partial charge in [0, 0.05) is 11.6 Å². The number of rotatable bonds is 6. The van der Waals surface area contributed by atoms with Crippen LogP contribution in [0.5, 0.6) is 5.75 Å². The van der Waals surface area contributed by atoms with Gasteiger partial charge in [-0.25, -0.2) is 0 Å². The molecule has 0 aliphatic carbocycles. The van der Waals surface area contributed by atoms with Gasteiger partial charge in [0.05, 0.1) is 7.11 Å². The Morgan fingerprint density at radius 2 is 2.06 bits per heavy atom. The second kappa shape index (κ2) is 6.54. The first-order valence-corrected chi connectivity index (χ1v) is 6.09. The summed E-state index contributed by atoms with van der Waals surface area (Å²) in [6.45, 7) is 4.27. The van der Waals surface area contributed by atoms with Crippen LogP contribution in [-0.4, -0.2) is 7.11 Å². The van der Waals surface area contributed by atoms with Crippen LogP contribution < -0.4 is 10.5 Å². The molecule has 2 nitrogen and oxygen atoms in total. The standard InChI is InChI=1S/C14H23NO/c1-4-5-6-7-13(15)12-9-8-11(2)10-14(12)16-3/h8-10,13H,4-7,15H2,1-3H3. The van der Waals surface area contributed by atoms with E-state index in [4.69, 9.17) is 10.5 Å². The lowest BCUT2D eigenvalue weighted by molar-refractivity contribution is 0.403. The molecule has 0 heterocycles. The summed E-state index contributed by atoms with van der Waals surface area (Å²) in [5.74, 6) is 0.920. The van der Waals surface area contributed by atoms with E-state index in [1.165, 1.54) is 24.8 Å². The quantitative estimate of drug-likeness (QED) is 0.745. The molecule has 0 radical (unpaired) electrons. The monoisotopic (exact) mass is 221 g/mol. The molecule has 1 aromatic carbocycles. The van der Waals surface area contributed by atoms with E-state index in [0.717, 1.165) is 17.7 Å². The average Bonchev–Trinajstić information content (AvgIpc) is 2.29. The minimum Gasteiger partial charge on any atom is -0.496 e. The van der Waals surface area contributed by atoms with Gasteiger partial charge in [0.1, 0.15) is 5.75 Å². The fourth-order valence-corrected chi connectivity index (χ4v) is 1.89. The first-order valence-electron chi connectivity index (χ1n) is 6.09. The molecule has 0 aliphatic rings. The molecule has 0 saturated carbocycles. The van der Waals surface area contributed by atoms with Gasteiger partial charge in [-0.3, -0.25) is 0 Å². The molecule has 0 bridgehead atoms. The van der Waals surface area contributed by atoms with Crippen molar-refractivity contribution >= 4 is 0 Å². The number of hydrogen-bond donors (Lipinski definition) is 1. The lowest BCUT2D eigenvalue weighted by atomic mass is 9.99. The minimum atomic E-state index is 0.0992. The van der Waals surface area contributed by atoms with Crippen LogP contribution in [0.1, 0.15) is 49.8 Å². The van der Waals surface area contributed by atoms with Gasteiger partial charge in [0.15, 0.2) is 0 Å². The molecule has 2 heteroatoms. The van der Waals surface area contributed by atoms with Gasteiger partial charge in [0.2, 0.25) is 0 Å². The number of benzene rings is 1. The first-order chi connectivity index (χ1) is 7.69. The van der Waals surface area contributed by atoms with Gasteiger partial charge in [-0.15, -0.1) is 0 Å². The van der Waals surface area contributed by atoms with Crippen molar-refractivity contribution in [2.45, 2.75) is 45.6 Å². The second-order valence-corrected chi connectivity index (χ2v) is 4.35. The summed E-state index contributed by atoms with van der Waals surface area (Å²) < 4.78 is 5.37. The fourth-order valence-electron chi connectivity index (χ4n) is 1.89. The predicted octanol–water partition coefficient (Wildman–Crippen LogP) is 3.58. The zero-order valence-electron chi connectivity index (χ0n) is 10.6. The summed E-state index contributed by atoms with van der Waals surface area (Å²) in [4.78, 5) is 0. The van der Waals surface area contributed by atoms with E-state index >= 15 is 0 Å². The van der Waals surface area contributed by atoms with Crippen molar-refractivity contribution in [1.82, 2.24) is 0 Å². The van der Waals surface area contributed by atoms with Gasteiger partial charge in [0.25, 0.3) is 0 Å². The molecule has 0 aromatic heterocycles. The van der Waals surface area contributed by atoms with Crippen LogP contribution in [0.3, 0.4) is 0 Å². The van der Waals surface area contributed by atoms with Crippen LogP contribution in [0.25, 0.3) is 0 Å². The number of unbranched alkanes of at least 4 members (excludes halogenated alkanes) is 2. The SMILES string of the molecule is CCCCCC(N)c1ccc(C)cc1OC. The normalized spacial score (nSPS) is 12.5. The van der Waals surface area contributed by atoms with Gasteiger partial charge in [-0.2, -0.15) is 0 Å². The summed E-state index contributed by atoms with van der Waals surface area (Å²) in [5, 5.41) is 0.